The number of carbonyl (C=O) groups excluding carboxylic acids is 2. The first-order valence-corrected chi connectivity index (χ1v) is 9.89. The summed E-state index contributed by atoms with van der Waals surface area (Å²) in [5.74, 6) is -2.04. The molecule has 1 fully saturated rings. The van der Waals surface area contributed by atoms with Gasteiger partial charge >= 0.3 is 0 Å². The van der Waals surface area contributed by atoms with Crippen molar-refractivity contribution in [2.24, 2.45) is 0 Å². The summed E-state index contributed by atoms with van der Waals surface area (Å²) in [5.41, 5.74) is 0.540. The summed E-state index contributed by atoms with van der Waals surface area (Å²) in [6.07, 6.45) is -1.65. The molecule has 1 heterocycles. The van der Waals surface area contributed by atoms with Gasteiger partial charge in [0.25, 0.3) is 11.8 Å². The number of rotatable bonds is 7. The first-order valence-electron chi connectivity index (χ1n) is 9.14. The van der Waals surface area contributed by atoms with Crippen LogP contribution < -0.4 is 15.4 Å². The summed E-state index contributed by atoms with van der Waals surface area (Å²) in [6.45, 7) is -0.429. The zero-order valence-electron chi connectivity index (χ0n) is 16.0. The summed E-state index contributed by atoms with van der Waals surface area (Å²) in [4.78, 5) is 24.1. The SMILES string of the molecule is O=C(COc1ccc(Cl)c(F)c1)N[C@H]1CO[C@H](C(=O)NCc2ccc(Cl)c(F)c2)CO1. The maximum atomic E-state index is 13.4. The van der Waals surface area contributed by atoms with Crippen molar-refractivity contribution in [3.8, 4) is 5.75 Å². The van der Waals surface area contributed by atoms with Crippen LogP contribution in [0.15, 0.2) is 36.4 Å². The quantitative estimate of drug-likeness (QED) is 0.644. The number of halogens is 4. The van der Waals surface area contributed by atoms with Crippen molar-refractivity contribution in [2.45, 2.75) is 18.9 Å². The number of benzene rings is 2. The van der Waals surface area contributed by atoms with Crippen LogP contribution in [0.2, 0.25) is 10.0 Å². The molecule has 1 saturated heterocycles. The van der Waals surface area contributed by atoms with E-state index in [-0.39, 0.29) is 42.2 Å². The predicted molar refractivity (Wildman–Crippen MR) is 108 cm³/mol. The number of hydrogen-bond donors (Lipinski definition) is 2. The van der Waals surface area contributed by atoms with Crippen molar-refractivity contribution in [3.05, 3.63) is 63.6 Å². The average molecular weight is 475 g/mol. The molecule has 166 valence electrons. The third-order valence-corrected chi connectivity index (χ3v) is 4.84. The topological polar surface area (TPSA) is 85.9 Å². The lowest BCUT2D eigenvalue weighted by molar-refractivity contribution is -0.168. The lowest BCUT2D eigenvalue weighted by Crippen LogP contribution is -2.51. The van der Waals surface area contributed by atoms with Gasteiger partial charge in [-0.2, -0.15) is 0 Å². The normalized spacial score (nSPS) is 18.3. The van der Waals surface area contributed by atoms with E-state index in [1.165, 1.54) is 24.3 Å². The summed E-state index contributed by atoms with van der Waals surface area (Å²) in [5, 5.41) is 5.09. The first-order chi connectivity index (χ1) is 14.8. The molecule has 0 aromatic heterocycles. The van der Waals surface area contributed by atoms with Crippen LogP contribution in [-0.2, 0) is 25.6 Å². The Bertz CT molecular complexity index is 955. The molecule has 11 heteroatoms. The molecule has 2 aromatic carbocycles. The van der Waals surface area contributed by atoms with Gasteiger partial charge in [-0.1, -0.05) is 29.3 Å². The van der Waals surface area contributed by atoms with Crippen molar-refractivity contribution in [1.82, 2.24) is 10.6 Å². The number of nitrogens with one attached hydrogen (secondary N) is 2. The number of carbonyl (C=O) groups is 2. The van der Waals surface area contributed by atoms with Crippen molar-refractivity contribution in [3.63, 3.8) is 0 Å². The molecule has 0 spiro atoms. The Hall–Kier alpha value is -2.46. The van der Waals surface area contributed by atoms with E-state index in [1.54, 1.807) is 6.07 Å². The van der Waals surface area contributed by atoms with E-state index in [0.717, 1.165) is 6.07 Å². The third kappa shape index (κ3) is 6.76. The first kappa shape index (κ1) is 23.2. The third-order valence-electron chi connectivity index (χ3n) is 4.22. The van der Waals surface area contributed by atoms with Crippen LogP contribution >= 0.6 is 23.2 Å². The molecule has 0 radical (unpaired) electrons. The fourth-order valence-electron chi connectivity index (χ4n) is 2.63. The minimum Gasteiger partial charge on any atom is -0.484 e. The lowest BCUT2D eigenvalue weighted by Gasteiger charge is -2.29. The molecule has 0 bridgehead atoms. The molecule has 2 N–H and O–H groups in total. The minimum atomic E-state index is -0.876. The van der Waals surface area contributed by atoms with Gasteiger partial charge in [-0.05, 0) is 29.8 Å². The van der Waals surface area contributed by atoms with E-state index >= 15 is 0 Å². The summed E-state index contributed by atoms with van der Waals surface area (Å²) in [7, 11) is 0. The molecular formula is C20H18Cl2F2N2O5. The fraction of sp³-hybridized carbons (Fsp3) is 0.300. The standard InChI is InChI=1S/C20H18Cl2F2N2O5/c21-13-3-1-11(5-15(13)23)7-25-20(28)17-8-31-19(10-30-17)26-18(27)9-29-12-2-4-14(22)16(24)6-12/h1-6,17,19H,7-10H2,(H,25,28)(H,26,27)/t17-,19+/m0/s1. The maximum absolute atomic E-state index is 13.4. The van der Waals surface area contributed by atoms with E-state index in [0.29, 0.717) is 5.56 Å². The highest BCUT2D eigenvalue weighted by atomic mass is 35.5. The Morgan fingerprint density at radius 1 is 1.03 bits per heavy atom. The van der Waals surface area contributed by atoms with Gasteiger partial charge in [0.1, 0.15) is 17.4 Å². The average Bonchev–Trinajstić information content (AvgIpc) is 2.75. The van der Waals surface area contributed by atoms with E-state index in [2.05, 4.69) is 10.6 Å². The summed E-state index contributed by atoms with van der Waals surface area (Å²) in [6, 6.07) is 8.04. The zero-order valence-corrected chi connectivity index (χ0v) is 17.5. The molecule has 31 heavy (non-hydrogen) atoms. The molecule has 2 amide bonds. The van der Waals surface area contributed by atoms with Crippen LogP contribution in [0, 0.1) is 11.6 Å². The van der Waals surface area contributed by atoms with Crippen molar-refractivity contribution in [1.29, 1.82) is 0 Å². The van der Waals surface area contributed by atoms with E-state index < -0.39 is 35.8 Å². The van der Waals surface area contributed by atoms with E-state index in [9.17, 15) is 18.4 Å². The monoisotopic (exact) mass is 474 g/mol. The molecule has 3 rings (SSSR count). The largest absolute Gasteiger partial charge is 0.484 e. The highest BCUT2D eigenvalue weighted by Gasteiger charge is 2.28. The molecule has 0 unspecified atom stereocenters. The smallest absolute Gasteiger partial charge is 0.259 e. The van der Waals surface area contributed by atoms with Gasteiger partial charge in [0.05, 0.1) is 23.3 Å². The van der Waals surface area contributed by atoms with Crippen LogP contribution in [0.3, 0.4) is 0 Å². The fourth-order valence-corrected chi connectivity index (χ4v) is 2.86. The summed E-state index contributed by atoms with van der Waals surface area (Å²) >= 11 is 11.2. The minimum absolute atomic E-state index is 0.00194. The summed E-state index contributed by atoms with van der Waals surface area (Å²) < 4.78 is 42.8. The zero-order chi connectivity index (χ0) is 22.4. The van der Waals surface area contributed by atoms with Gasteiger partial charge in [0.15, 0.2) is 18.9 Å². The van der Waals surface area contributed by atoms with Crippen LogP contribution in [0.25, 0.3) is 0 Å². The molecule has 1 aliphatic heterocycles. The highest BCUT2D eigenvalue weighted by molar-refractivity contribution is 6.31. The molecular weight excluding hydrogens is 457 g/mol. The van der Waals surface area contributed by atoms with Crippen LogP contribution in [0.1, 0.15) is 5.56 Å². The van der Waals surface area contributed by atoms with Crippen LogP contribution in [-0.4, -0.2) is 44.0 Å². The number of hydrogen-bond acceptors (Lipinski definition) is 5. The van der Waals surface area contributed by atoms with Crippen molar-refractivity contribution >= 4 is 35.0 Å². The Morgan fingerprint density at radius 2 is 1.74 bits per heavy atom. The van der Waals surface area contributed by atoms with Crippen LogP contribution in [0.4, 0.5) is 8.78 Å². The van der Waals surface area contributed by atoms with E-state index in [1.807, 2.05) is 0 Å². The predicted octanol–water partition coefficient (Wildman–Crippen LogP) is 2.82. The molecule has 1 aliphatic rings. The lowest BCUT2D eigenvalue weighted by atomic mass is 10.2. The molecule has 2 aromatic rings. The molecule has 2 atom stereocenters. The number of amides is 2. The molecule has 7 nitrogen and oxygen atoms in total. The Labute approximate surface area is 186 Å². The van der Waals surface area contributed by atoms with Gasteiger partial charge < -0.3 is 24.8 Å². The Morgan fingerprint density at radius 3 is 2.39 bits per heavy atom. The van der Waals surface area contributed by atoms with Crippen molar-refractivity contribution in [2.75, 3.05) is 19.8 Å². The van der Waals surface area contributed by atoms with Gasteiger partial charge in [-0.25, -0.2) is 8.78 Å². The van der Waals surface area contributed by atoms with Gasteiger partial charge in [-0.15, -0.1) is 0 Å². The second-order valence-electron chi connectivity index (χ2n) is 6.54. The second-order valence-corrected chi connectivity index (χ2v) is 7.36. The highest BCUT2D eigenvalue weighted by Crippen LogP contribution is 2.20. The van der Waals surface area contributed by atoms with Gasteiger partial charge in [0.2, 0.25) is 0 Å². The second kappa shape index (κ2) is 10.7. The van der Waals surface area contributed by atoms with Gasteiger partial charge in [0, 0.05) is 12.6 Å². The molecule has 0 saturated carbocycles. The van der Waals surface area contributed by atoms with Gasteiger partial charge in [-0.3, -0.25) is 9.59 Å². The molecule has 0 aliphatic carbocycles. The Kier molecular flexibility index (Phi) is 8.03. The van der Waals surface area contributed by atoms with Crippen LogP contribution in [0.5, 0.6) is 5.75 Å². The van der Waals surface area contributed by atoms with Crippen molar-refractivity contribution < 1.29 is 32.6 Å². The van der Waals surface area contributed by atoms with E-state index in [4.69, 9.17) is 37.4 Å². The maximum Gasteiger partial charge on any atom is 0.259 e. The Balaban J connectivity index is 1.37. The number of ether oxygens (including phenoxy) is 3.